The van der Waals surface area contributed by atoms with Gasteiger partial charge in [0, 0.05) is 18.2 Å². The van der Waals surface area contributed by atoms with Gasteiger partial charge in [-0.25, -0.2) is 4.98 Å². The molecule has 0 aliphatic heterocycles. The van der Waals surface area contributed by atoms with Gasteiger partial charge in [0.1, 0.15) is 12.0 Å². The average Bonchev–Trinajstić information content (AvgIpc) is 3.14. The Bertz CT molecular complexity index is 476. The van der Waals surface area contributed by atoms with Crippen LogP contribution >= 0.6 is 15.9 Å². The zero-order valence-corrected chi connectivity index (χ0v) is 11.6. The lowest BCUT2D eigenvalue weighted by Crippen LogP contribution is -2.31. The first kappa shape index (κ1) is 13.2. The summed E-state index contributed by atoms with van der Waals surface area (Å²) >= 11 is 3.33. The van der Waals surface area contributed by atoms with Gasteiger partial charge in [-0.15, -0.1) is 0 Å². The second kappa shape index (κ2) is 5.19. The van der Waals surface area contributed by atoms with Crippen LogP contribution < -0.4 is 11.1 Å². The zero-order valence-electron chi connectivity index (χ0n) is 10.0. The first-order valence-corrected chi connectivity index (χ1v) is 6.59. The topological polar surface area (TPSA) is 94.1 Å². The molecule has 0 saturated heterocycles. The third kappa shape index (κ3) is 2.78. The van der Waals surface area contributed by atoms with Crippen molar-refractivity contribution < 1.29 is 4.92 Å². The van der Waals surface area contributed by atoms with E-state index in [0.717, 1.165) is 0 Å². The summed E-state index contributed by atoms with van der Waals surface area (Å²) in [6.07, 6.45) is 3.65. The summed E-state index contributed by atoms with van der Waals surface area (Å²) in [5.41, 5.74) is 6.56. The molecule has 1 aliphatic carbocycles. The van der Waals surface area contributed by atoms with E-state index in [9.17, 15) is 10.1 Å². The van der Waals surface area contributed by atoms with E-state index >= 15 is 0 Å². The van der Waals surface area contributed by atoms with Crippen LogP contribution in [0.3, 0.4) is 0 Å². The molecule has 1 atom stereocenters. The molecule has 1 aromatic rings. The highest BCUT2D eigenvalue weighted by Crippen LogP contribution is 2.33. The number of aromatic nitrogens is 1. The van der Waals surface area contributed by atoms with E-state index in [0.29, 0.717) is 28.3 Å². The van der Waals surface area contributed by atoms with Crippen molar-refractivity contribution in [3.05, 3.63) is 26.3 Å². The number of hydrogen-bond acceptors (Lipinski definition) is 5. The van der Waals surface area contributed by atoms with Gasteiger partial charge < -0.3 is 11.1 Å². The highest BCUT2D eigenvalue weighted by Gasteiger charge is 2.28. The van der Waals surface area contributed by atoms with Crippen LogP contribution in [0.4, 0.5) is 11.5 Å². The fourth-order valence-electron chi connectivity index (χ4n) is 1.78. The van der Waals surface area contributed by atoms with E-state index in [1.165, 1.54) is 19.0 Å². The van der Waals surface area contributed by atoms with Crippen LogP contribution in [-0.2, 0) is 0 Å². The predicted octanol–water partition coefficient (Wildman–Crippen LogP) is 2.21. The Morgan fingerprint density at radius 2 is 2.39 bits per heavy atom. The van der Waals surface area contributed by atoms with Gasteiger partial charge >= 0.3 is 0 Å². The molecule has 2 rings (SSSR count). The van der Waals surface area contributed by atoms with Gasteiger partial charge in [-0.1, -0.05) is 0 Å². The number of rotatable bonds is 5. The summed E-state index contributed by atoms with van der Waals surface area (Å²) in [6.45, 7) is 2.32. The van der Waals surface area contributed by atoms with E-state index in [4.69, 9.17) is 5.73 Å². The monoisotopic (exact) mass is 314 g/mol. The first-order chi connectivity index (χ1) is 8.50. The summed E-state index contributed by atoms with van der Waals surface area (Å²) in [5, 5.41) is 13.9. The Kier molecular flexibility index (Phi) is 3.82. The van der Waals surface area contributed by atoms with Gasteiger partial charge in [0.25, 0.3) is 5.69 Å². The van der Waals surface area contributed by atoms with Crippen molar-refractivity contribution in [2.24, 2.45) is 11.7 Å². The molecule has 0 bridgehead atoms. The summed E-state index contributed by atoms with van der Waals surface area (Å²) in [5.74, 6) is 1.21. The number of pyridine rings is 1. The lowest BCUT2D eigenvalue weighted by molar-refractivity contribution is -0.385. The Morgan fingerprint density at radius 1 is 1.72 bits per heavy atom. The normalized spacial score (nSPS) is 16.4. The van der Waals surface area contributed by atoms with Crippen LogP contribution in [0.15, 0.2) is 10.7 Å². The largest absolute Gasteiger partial charge is 0.368 e. The summed E-state index contributed by atoms with van der Waals surface area (Å²) in [4.78, 5) is 14.4. The molecule has 1 saturated carbocycles. The maximum Gasteiger partial charge on any atom is 0.291 e. The van der Waals surface area contributed by atoms with Gasteiger partial charge in [0.2, 0.25) is 0 Å². The van der Waals surface area contributed by atoms with E-state index in [-0.39, 0.29) is 11.7 Å². The van der Waals surface area contributed by atoms with Gasteiger partial charge in [0.15, 0.2) is 0 Å². The molecule has 0 spiro atoms. The van der Waals surface area contributed by atoms with Crippen molar-refractivity contribution in [2.75, 3.05) is 11.9 Å². The molecular weight excluding hydrogens is 300 g/mol. The molecule has 18 heavy (non-hydrogen) atoms. The van der Waals surface area contributed by atoms with Crippen LogP contribution in [0.25, 0.3) is 0 Å². The number of nitro groups is 1. The van der Waals surface area contributed by atoms with Crippen LogP contribution in [0, 0.1) is 23.0 Å². The third-order valence-electron chi connectivity index (χ3n) is 3.17. The molecular formula is C11H15BrN4O2. The molecule has 1 unspecified atom stereocenters. The van der Waals surface area contributed by atoms with Gasteiger partial charge in [-0.2, -0.15) is 0 Å². The Morgan fingerprint density at radius 3 is 2.94 bits per heavy atom. The third-order valence-corrected chi connectivity index (χ3v) is 4.14. The molecule has 1 aromatic heterocycles. The van der Waals surface area contributed by atoms with Crippen molar-refractivity contribution in [3.8, 4) is 0 Å². The van der Waals surface area contributed by atoms with Crippen molar-refractivity contribution in [3.63, 3.8) is 0 Å². The molecule has 6 nitrogen and oxygen atoms in total. The SMILES string of the molecule is Cc1c([N+](=O)[O-])cnc(NCC(N)C2CC2)c1Br. The number of anilines is 1. The maximum atomic E-state index is 10.8. The fraction of sp³-hybridized carbons (Fsp3) is 0.545. The second-order valence-corrected chi connectivity index (χ2v) is 5.36. The number of halogens is 1. The minimum atomic E-state index is -0.438. The minimum Gasteiger partial charge on any atom is -0.368 e. The van der Waals surface area contributed by atoms with Gasteiger partial charge in [-0.3, -0.25) is 10.1 Å². The van der Waals surface area contributed by atoms with E-state index in [1.54, 1.807) is 6.92 Å². The quantitative estimate of drug-likeness (QED) is 0.642. The molecule has 3 N–H and O–H groups in total. The van der Waals surface area contributed by atoms with E-state index in [1.807, 2.05) is 0 Å². The van der Waals surface area contributed by atoms with Crippen LogP contribution in [0.5, 0.6) is 0 Å². The maximum absolute atomic E-state index is 10.8. The Hall–Kier alpha value is -1.21. The van der Waals surface area contributed by atoms with E-state index < -0.39 is 4.92 Å². The Balaban J connectivity index is 2.08. The lowest BCUT2D eigenvalue weighted by Gasteiger charge is -2.13. The summed E-state index contributed by atoms with van der Waals surface area (Å²) in [6, 6.07) is 0.120. The van der Waals surface area contributed by atoms with Gasteiger partial charge in [0.05, 0.1) is 9.40 Å². The molecule has 0 amide bonds. The predicted molar refractivity (Wildman–Crippen MR) is 72.5 cm³/mol. The van der Waals surface area contributed by atoms with Crippen LogP contribution in [-0.4, -0.2) is 22.5 Å². The first-order valence-electron chi connectivity index (χ1n) is 5.79. The van der Waals surface area contributed by atoms with Crippen molar-refractivity contribution >= 4 is 27.4 Å². The second-order valence-electron chi connectivity index (χ2n) is 4.57. The highest BCUT2D eigenvalue weighted by atomic mass is 79.9. The van der Waals surface area contributed by atoms with Gasteiger partial charge in [-0.05, 0) is 41.6 Å². The Labute approximate surface area is 113 Å². The van der Waals surface area contributed by atoms with Crippen molar-refractivity contribution in [1.29, 1.82) is 0 Å². The standard InChI is InChI=1S/C11H15BrN4O2/c1-6-9(16(17)18)5-15-11(10(6)12)14-4-8(13)7-2-3-7/h5,7-8H,2-4,13H2,1H3,(H,14,15). The van der Waals surface area contributed by atoms with Crippen LogP contribution in [0.1, 0.15) is 18.4 Å². The fourth-order valence-corrected chi connectivity index (χ4v) is 2.23. The minimum absolute atomic E-state index is 0.0129. The van der Waals surface area contributed by atoms with Crippen molar-refractivity contribution in [2.45, 2.75) is 25.8 Å². The molecule has 7 heteroatoms. The zero-order chi connectivity index (χ0) is 13.3. The van der Waals surface area contributed by atoms with Crippen molar-refractivity contribution in [1.82, 2.24) is 4.98 Å². The molecule has 1 heterocycles. The highest BCUT2D eigenvalue weighted by molar-refractivity contribution is 9.10. The van der Waals surface area contributed by atoms with Crippen LogP contribution in [0.2, 0.25) is 0 Å². The summed E-state index contributed by atoms with van der Waals surface area (Å²) < 4.78 is 0.625. The molecule has 98 valence electrons. The smallest absolute Gasteiger partial charge is 0.291 e. The number of nitrogens with two attached hydrogens (primary N) is 1. The molecule has 1 aliphatic rings. The van der Waals surface area contributed by atoms with E-state index in [2.05, 4.69) is 26.2 Å². The number of hydrogen-bond donors (Lipinski definition) is 2. The molecule has 0 radical (unpaired) electrons. The summed E-state index contributed by atoms with van der Waals surface area (Å²) in [7, 11) is 0. The molecule has 1 fully saturated rings. The average molecular weight is 315 g/mol. The number of nitrogens with one attached hydrogen (secondary N) is 1. The number of nitrogens with zero attached hydrogens (tertiary/aromatic N) is 2. The molecule has 0 aromatic carbocycles. The lowest BCUT2D eigenvalue weighted by atomic mass is 10.2.